The van der Waals surface area contributed by atoms with E-state index in [1.165, 1.54) is 0 Å². The van der Waals surface area contributed by atoms with Crippen molar-refractivity contribution in [2.24, 2.45) is 5.73 Å². The van der Waals surface area contributed by atoms with Gasteiger partial charge in [0.15, 0.2) is 5.82 Å². The minimum Gasteiger partial charge on any atom is -0.475 e. The van der Waals surface area contributed by atoms with Crippen molar-refractivity contribution >= 4 is 0 Å². The van der Waals surface area contributed by atoms with Crippen LogP contribution in [0.1, 0.15) is 16.8 Å². The van der Waals surface area contributed by atoms with E-state index >= 15 is 0 Å². The molecule has 0 bridgehead atoms. The maximum atomic E-state index is 6.17. The van der Waals surface area contributed by atoms with E-state index in [4.69, 9.17) is 26.4 Å². The summed E-state index contributed by atoms with van der Waals surface area (Å²) in [5.74, 6) is 4.75. The van der Waals surface area contributed by atoms with Crippen molar-refractivity contribution in [3.8, 4) is 41.1 Å². The highest BCUT2D eigenvalue weighted by atomic mass is 16.5. The molecule has 1 aromatic carbocycles. The molecule has 0 radical (unpaired) electrons. The normalized spacial score (nSPS) is 10.5. The lowest BCUT2D eigenvalue weighted by molar-refractivity contribution is 0.143. The zero-order chi connectivity index (χ0) is 21.3. The zero-order valence-corrected chi connectivity index (χ0v) is 17.1. The molecule has 30 heavy (non-hydrogen) atoms. The van der Waals surface area contributed by atoms with Gasteiger partial charge in [-0.25, -0.2) is 15.0 Å². The smallest absolute Gasteiger partial charge is 0.217 e. The van der Waals surface area contributed by atoms with Gasteiger partial charge in [0.2, 0.25) is 5.88 Å². The summed E-state index contributed by atoms with van der Waals surface area (Å²) in [5.41, 5.74) is 8.75. The van der Waals surface area contributed by atoms with Gasteiger partial charge in [-0.2, -0.15) is 0 Å². The summed E-state index contributed by atoms with van der Waals surface area (Å²) in [6.07, 6.45) is 9.84. The number of hydrogen-bond acceptors (Lipinski definition) is 7. The molecule has 3 rings (SSSR count). The Hall–Kier alpha value is -3.47. The number of pyridine rings is 1. The summed E-state index contributed by atoms with van der Waals surface area (Å²) in [6, 6.07) is 9.01. The molecule has 7 nitrogen and oxygen atoms in total. The molecular weight excluding hydrogens is 380 g/mol. The average Bonchev–Trinajstić information content (AvgIpc) is 2.74. The summed E-state index contributed by atoms with van der Waals surface area (Å²) >= 11 is 0. The van der Waals surface area contributed by atoms with Gasteiger partial charge < -0.3 is 19.9 Å². The highest BCUT2D eigenvalue weighted by molar-refractivity contribution is 5.66. The van der Waals surface area contributed by atoms with Crippen LogP contribution in [-0.4, -0.2) is 41.8 Å². The molecule has 0 spiro atoms. The van der Waals surface area contributed by atoms with Crippen LogP contribution in [0, 0.1) is 19.3 Å². The molecule has 0 aliphatic rings. The fraction of sp³-hybridized carbons (Fsp3) is 0.261. The molecule has 0 atom stereocenters. The molecule has 0 amide bonds. The zero-order valence-electron chi connectivity index (χ0n) is 17.1. The third-order valence-corrected chi connectivity index (χ3v) is 4.20. The third-order valence-electron chi connectivity index (χ3n) is 4.20. The number of aromatic nitrogens is 3. The van der Waals surface area contributed by atoms with Crippen molar-refractivity contribution in [3.05, 3.63) is 59.5 Å². The highest BCUT2D eigenvalue weighted by Gasteiger charge is 2.13. The van der Waals surface area contributed by atoms with Crippen molar-refractivity contribution in [2.75, 3.05) is 26.9 Å². The molecule has 0 fully saturated rings. The standard InChI is InChI=1S/C23H24N4O3/c1-4-17-5-6-20(23-25-14-18(7-8-24)15-26-23)21(12-17)30-19-11-16(2)27-22(13-19)29-10-9-28-3/h1,5-6,11-15H,7-10,24H2,2-3H3. The van der Waals surface area contributed by atoms with Gasteiger partial charge in [-0.3, -0.25) is 0 Å². The molecule has 0 saturated heterocycles. The Bertz CT molecular complexity index is 1030. The van der Waals surface area contributed by atoms with Crippen LogP contribution >= 0.6 is 0 Å². The largest absolute Gasteiger partial charge is 0.475 e. The number of methoxy groups -OCH3 is 1. The second-order valence-corrected chi connectivity index (χ2v) is 6.53. The van der Waals surface area contributed by atoms with E-state index in [2.05, 4.69) is 20.9 Å². The van der Waals surface area contributed by atoms with E-state index in [-0.39, 0.29) is 0 Å². The van der Waals surface area contributed by atoms with Crippen LogP contribution in [0.25, 0.3) is 11.4 Å². The Morgan fingerprint density at radius 3 is 2.60 bits per heavy atom. The number of aryl methyl sites for hydroxylation is 1. The summed E-state index contributed by atoms with van der Waals surface area (Å²) in [6.45, 7) is 3.28. The molecule has 2 N–H and O–H groups in total. The van der Waals surface area contributed by atoms with E-state index in [0.29, 0.717) is 48.5 Å². The van der Waals surface area contributed by atoms with Crippen LogP contribution in [0.5, 0.6) is 17.4 Å². The monoisotopic (exact) mass is 404 g/mol. The van der Waals surface area contributed by atoms with E-state index in [9.17, 15) is 0 Å². The van der Waals surface area contributed by atoms with Gasteiger partial charge in [0.1, 0.15) is 18.1 Å². The summed E-state index contributed by atoms with van der Waals surface area (Å²) in [4.78, 5) is 13.3. The minimum absolute atomic E-state index is 0.396. The Kier molecular flexibility index (Phi) is 7.33. The molecule has 2 aromatic heterocycles. The molecule has 2 heterocycles. The predicted molar refractivity (Wildman–Crippen MR) is 115 cm³/mol. The molecule has 0 unspecified atom stereocenters. The lowest BCUT2D eigenvalue weighted by atomic mass is 10.1. The van der Waals surface area contributed by atoms with Crippen molar-refractivity contribution in [3.63, 3.8) is 0 Å². The van der Waals surface area contributed by atoms with E-state index < -0.39 is 0 Å². The van der Waals surface area contributed by atoms with Crippen molar-refractivity contribution in [2.45, 2.75) is 13.3 Å². The number of rotatable bonds is 9. The Morgan fingerprint density at radius 2 is 1.90 bits per heavy atom. The van der Waals surface area contributed by atoms with Crippen LogP contribution in [0.2, 0.25) is 0 Å². The summed E-state index contributed by atoms with van der Waals surface area (Å²) in [7, 11) is 1.62. The number of ether oxygens (including phenoxy) is 3. The van der Waals surface area contributed by atoms with Gasteiger partial charge in [0, 0.05) is 42.9 Å². The SMILES string of the molecule is C#Cc1ccc(-c2ncc(CCN)cn2)c(Oc2cc(C)nc(OCCOC)c2)c1. The van der Waals surface area contributed by atoms with E-state index in [0.717, 1.165) is 23.2 Å². The lowest BCUT2D eigenvalue weighted by Crippen LogP contribution is -2.06. The number of hydrogen-bond donors (Lipinski definition) is 1. The first-order chi connectivity index (χ1) is 14.6. The number of benzene rings is 1. The van der Waals surface area contributed by atoms with Crippen molar-refractivity contribution in [1.82, 2.24) is 15.0 Å². The minimum atomic E-state index is 0.396. The number of nitrogens with zero attached hydrogens (tertiary/aromatic N) is 3. The Balaban J connectivity index is 1.92. The first-order valence-electron chi connectivity index (χ1n) is 9.53. The van der Waals surface area contributed by atoms with Crippen molar-refractivity contribution in [1.29, 1.82) is 0 Å². The molecule has 0 aliphatic carbocycles. The maximum Gasteiger partial charge on any atom is 0.217 e. The van der Waals surface area contributed by atoms with Gasteiger partial charge in [-0.05, 0) is 43.7 Å². The molecular formula is C23H24N4O3. The summed E-state index contributed by atoms with van der Waals surface area (Å²) < 4.78 is 16.8. The first kappa shape index (κ1) is 21.2. The van der Waals surface area contributed by atoms with Crippen LogP contribution in [0.4, 0.5) is 0 Å². The van der Waals surface area contributed by atoms with E-state index in [1.807, 2.05) is 25.1 Å². The second-order valence-electron chi connectivity index (χ2n) is 6.53. The Morgan fingerprint density at radius 1 is 1.10 bits per heavy atom. The average molecular weight is 404 g/mol. The quantitative estimate of drug-likeness (QED) is 0.433. The van der Waals surface area contributed by atoms with Gasteiger partial charge in [0.05, 0.1) is 12.2 Å². The fourth-order valence-electron chi connectivity index (χ4n) is 2.77. The lowest BCUT2D eigenvalue weighted by Gasteiger charge is -2.13. The van der Waals surface area contributed by atoms with Gasteiger partial charge in [0.25, 0.3) is 0 Å². The second kappa shape index (κ2) is 10.3. The molecule has 0 aliphatic heterocycles. The van der Waals surface area contributed by atoms with Crippen molar-refractivity contribution < 1.29 is 14.2 Å². The van der Waals surface area contributed by atoms with Gasteiger partial charge in [-0.1, -0.05) is 5.92 Å². The van der Waals surface area contributed by atoms with Crippen LogP contribution in [0.15, 0.2) is 42.7 Å². The number of nitrogens with two attached hydrogens (primary N) is 1. The van der Waals surface area contributed by atoms with E-state index in [1.54, 1.807) is 31.6 Å². The van der Waals surface area contributed by atoms with Gasteiger partial charge >= 0.3 is 0 Å². The molecule has 0 saturated carbocycles. The fourth-order valence-corrected chi connectivity index (χ4v) is 2.77. The van der Waals surface area contributed by atoms with Gasteiger partial charge in [-0.15, -0.1) is 6.42 Å². The molecule has 154 valence electrons. The highest BCUT2D eigenvalue weighted by Crippen LogP contribution is 2.33. The summed E-state index contributed by atoms with van der Waals surface area (Å²) in [5, 5.41) is 0. The van der Waals surface area contributed by atoms with Crippen LogP contribution in [-0.2, 0) is 11.2 Å². The maximum absolute atomic E-state index is 6.17. The topological polar surface area (TPSA) is 92.4 Å². The Labute approximate surface area is 176 Å². The van der Waals surface area contributed by atoms with Crippen LogP contribution < -0.4 is 15.2 Å². The predicted octanol–water partition coefficient (Wildman–Crippen LogP) is 3.15. The molecule has 7 heteroatoms. The molecule has 3 aromatic rings. The van der Waals surface area contributed by atoms with Crippen LogP contribution in [0.3, 0.4) is 0 Å². The first-order valence-corrected chi connectivity index (χ1v) is 9.53. The number of terminal acetylenes is 1. The third kappa shape index (κ3) is 5.54.